The van der Waals surface area contributed by atoms with Crippen molar-refractivity contribution in [3.63, 3.8) is 0 Å². The summed E-state index contributed by atoms with van der Waals surface area (Å²) in [6.45, 7) is 4.98. The van der Waals surface area contributed by atoms with E-state index >= 15 is 0 Å². The molecular weight excluding hydrogens is 238 g/mol. The average Bonchev–Trinajstić information content (AvgIpc) is 2.42. The van der Waals surface area contributed by atoms with Crippen LogP contribution in [-0.4, -0.2) is 54.5 Å². The first-order valence-corrected chi connectivity index (χ1v) is 7.85. The van der Waals surface area contributed by atoms with Gasteiger partial charge in [0.05, 0.1) is 0 Å². The normalized spacial score (nSPS) is 33.4. The Kier molecular flexibility index (Phi) is 5.22. The number of nitrogens with zero attached hydrogens (tertiary/aromatic N) is 2. The molecule has 110 valence electrons. The molecular formula is C15H29N3O. The number of likely N-dealkylation sites (N-methyl/N-ethyl adjacent to an activating group) is 1. The lowest BCUT2D eigenvalue weighted by atomic mass is 9.82. The van der Waals surface area contributed by atoms with Gasteiger partial charge in [0, 0.05) is 38.1 Å². The van der Waals surface area contributed by atoms with Crippen LogP contribution in [0, 0.1) is 5.92 Å². The lowest BCUT2D eigenvalue weighted by molar-refractivity contribution is -0.135. The van der Waals surface area contributed by atoms with Crippen LogP contribution in [0.5, 0.6) is 0 Å². The summed E-state index contributed by atoms with van der Waals surface area (Å²) in [5, 5.41) is 0. The highest BCUT2D eigenvalue weighted by Crippen LogP contribution is 2.26. The molecule has 1 saturated carbocycles. The smallest absolute Gasteiger partial charge is 0.223 e. The summed E-state index contributed by atoms with van der Waals surface area (Å²) >= 11 is 0. The van der Waals surface area contributed by atoms with E-state index in [1.165, 1.54) is 12.8 Å². The largest absolute Gasteiger partial charge is 0.340 e. The molecule has 3 unspecified atom stereocenters. The molecule has 0 aromatic carbocycles. The van der Waals surface area contributed by atoms with Crippen molar-refractivity contribution in [2.45, 2.75) is 57.5 Å². The van der Waals surface area contributed by atoms with E-state index in [4.69, 9.17) is 5.73 Å². The van der Waals surface area contributed by atoms with Gasteiger partial charge in [-0.2, -0.15) is 0 Å². The first kappa shape index (κ1) is 14.8. The van der Waals surface area contributed by atoms with E-state index in [-0.39, 0.29) is 6.04 Å². The lowest BCUT2D eigenvalue weighted by Gasteiger charge is -2.40. The predicted molar refractivity (Wildman–Crippen MR) is 77.8 cm³/mol. The zero-order chi connectivity index (χ0) is 13.8. The third-order valence-electron chi connectivity index (χ3n) is 5.01. The molecule has 19 heavy (non-hydrogen) atoms. The molecule has 2 rings (SSSR count). The summed E-state index contributed by atoms with van der Waals surface area (Å²) in [7, 11) is 2.16. The van der Waals surface area contributed by atoms with Gasteiger partial charge in [0.2, 0.25) is 5.91 Å². The molecule has 1 heterocycles. The molecule has 1 amide bonds. The van der Waals surface area contributed by atoms with E-state index in [0.717, 1.165) is 38.9 Å². The molecule has 3 atom stereocenters. The van der Waals surface area contributed by atoms with Gasteiger partial charge in [-0.05, 0) is 32.2 Å². The maximum atomic E-state index is 12.4. The molecule has 2 fully saturated rings. The van der Waals surface area contributed by atoms with Crippen LogP contribution in [0.1, 0.15) is 45.4 Å². The van der Waals surface area contributed by atoms with Crippen molar-refractivity contribution in [1.82, 2.24) is 9.80 Å². The van der Waals surface area contributed by atoms with Gasteiger partial charge in [-0.3, -0.25) is 9.69 Å². The maximum absolute atomic E-state index is 12.4. The number of rotatable bonds is 3. The number of carbonyl (C=O) groups excluding carboxylic acids is 1. The molecule has 0 spiro atoms. The van der Waals surface area contributed by atoms with Crippen molar-refractivity contribution in [3.8, 4) is 0 Å². The Morgan fingerprint density at radius 1 is 1.26 bits per heavy atom. The molecule has 0 bridgehead atoms. The van der Waals surface area contributed by atoms with Gasteiger partial charge in [0.25, 0.3) is 0 Å². The predicted octanol–water partition coefficient (Wildman–Crippen LogP) is 1.45. The second-order valence-corrected chi connectivity index (χ2v) is 6.29. The van der Waals surface area contributed by atoms with Gasteiger partial charge < -0.3 is 10.6 Å². The Bertz CT molecular complexity index is 308. The van der Waals surface area contributed by atoms with Crippen LogP contribution in [0.3, 0.4) is 0 Å². The number of amides is 1. The fraction of sp³-hybridized carbons (Fsp3) is 0.933. The zero-order valence-electron chi connectivity index (χ0n) is 12.5. The Hall–Kier alpha value is -0.610. The van der Waals surface area contributed by atoms with Gasteiger partial charge in [0.15, 0.2) is 0 Å². The number of carbonyl (C=O) groups is 1. The number of piperazine rings is 1. The molecule has 4 nitrogen and oxygen atoms in total. The fourth-order valence-corrected chi connectivity index (χ4v) is 3.46. The molecule has 1 aliphatic carbocycles. The van der Waals surface area contributed by atoms with Crippen LogP contribution >= 0.6 is 0 Å². The zero-order valence-corrected chi connectivity index (χ0v) is 12.5. The molecule has 4 heteroatoms. The van der Waals surface area contributed by atoms with Crippen molar-refractivity contribution in [3.05, 3.63) is 0 Å². The van der Waals surface area contributed by atoms with Crippen LogP contribution < -0.4 is 5.73 Å². The second-order valence-electron chi connectivity index (χ2n) is 6.29. The molecule has 1 aliphatic heterocycles. The van der Waals surface area contributed by atoms with Gasteiger partial charge in [0.1, 0.15) is 0 Å². The molecule has 2 aliphatic rings. The third kappa shape index (κ3) is 3.69. The van der Waals surface area contributed by atoms with Gasteiger partial charge in [-0.1, -0.05) is 19.8 Å². The van der Waals surface area contributed by atoms with Crippen molar-refractivity contribution in [2.24, 2.45) is 11.7 Å². The number of hydrogen-bond acceptors (Lipinski definition) is 3. The van der Waals surface area contributed by atoms with Crippen LogP contribution in [0.25, 0.3) is 0 Å². The quantitative estimate of drug-likeness (QED) is 0.842. The van der Waals surface area contributed by atoms with Gasteiger partial charge in [-0.25, -0.2) is 0 Å². The third-order valence-corrected chi connectivity index (χ3v) is 5.01. The van der Waals surface area contributed by atoms with Crippen molar-refractivity contribution < 1.29 is 4.79 Å². The summed E-state index contributed by atoms with van der Waals surface area (Å²) in [4.78, 5) is 16.9. The van der Waals surface area contributed by atoms with Crippen molar-refractivity contribution >= 4 is 5.91 Å². The summed E-state index contributed by atoms with van der Waals surface area (Å²) in [6, 6.07) is 0.768. The number of nitrogens with two attached hydrogens (primary N) is 1. The Labute approximate surface area is 117 Å². The highest BCUT2D eigenvalue weighted by molar-refractivity contribution is 5.76. The van der Waals surface area contributed by atoms with E-state index in [1.54, 1.807) is 0 Å². The SMILES string of the molecule is CCC1CN(C(=O)CC2CCCCC2N)CCN1C. The Morgan fingerprint density at radius 3 is 2.68 bits per heavy atom. The fourth-order valence-electron chi connectivity index (χ4n) is 3.46. The minimum absolute atomic E-state index is 0.243. The molecule has 2 N–H and O–H groups in total. The minimum atomic E-state index is 0.243. The number of hydrogen-bond donors (Lipinski definition) is 1. The first-order valence-electron chi connectivity index (χ1n) is 7.85. The standard InChI is InChI=1S/C15H29N3O/c1-3-13-11-18(9-8-17(13)2)15(19)10-12-6-4-5-7-14(12)16/h12-14H,3-11,16H2,1-2H3. The molecule has 0 radical (unpaired) electrons. The second kappa shape index (κ2) is 6.71. The van der Waals surface area contributed by atoms with Crippen LogP contribution in [-0.2, 0) is 4.79 Å². The Morgan fingerprint density at radius 2 is 2.00 bits per heavy atom. The minimum Gasteiger partial charge on any atom is -0.340 e. The monoisotopic (exact) mass is 267 g/mol. The Balaban J connectivity index is 1.85. The van der Waals surface area contributed by atoms with Crippen molar-refractivity contribution in [1.29, 1.82) is 0 Å². The lowest BCUT2D eigenvalue weighted by Crippen LogP contribution is -2.53. The highest BCUT2D eigenvalue weighted by Gasteiger charge is 2.30. The van der Waals surface area contributed by atoms with E-state index in [1.807, 2.05) is 0 Å². The van der Waals surface area contributed by atoms with Gasteiger partial charge >= 0.3 is 0 Å². The van der Waals surface area contributed by atoms with Gasteiger partial charge in [-0.15, -0.1) is 0 Å². The molecule has 0 aromatic heterocycles. The summed E-state index contributed by atoms with van der Waals surface area (Å²) < 4.78 is 0. The summed E-state index contributed by atoms with van der Waals surface area (Å²) in [6.07, 6.45) is 6.49. The van der Waals surface area contributed by atoms with E-state index in [9.17, 15) is 4.79 Å². The summed E-state index contributed by atoms with van der Waals surface area (Å²) in [5.41, 5.74) is 6.15. The van der Waals surface area contributed by atoms with E-state index in [2.05, 4.69) is 23.8 Å². The van der Waals surface area contributed by atoms with E-state index in [0.29, 0.717) is 24.3 Å². The molecule has 1 saturated heterocycles. The van der Waals surface area contributed by atoms with Crippen LogP contribution in [0.15, 0.2) is 0 Å². The highest BCUT2D eigenvalue weighted by atomic mass is 16.2. The average molecular weight is 267 g/mol. The van der Waals surface area contributed by atoms with E-state index < -0.39 is 0 Å². The van der Waals surface area contributed by atoms with Crippen LogP contribution in [0.2, 0.25) is 0 Å². The summed E-state index contributed by atoms with van der Waals surface area (Å²) in [5.74, 6) is 0.745. The first-order chi connectivity index (χ1) is 9.11. The van der Waals surface area contributed by atoms with Crippen molar-refractivity contribution in [2.75, 3.05) is 26.7 Å². The maximum Gasteiger partial charge on any atom is 0.223 e. The van der Waals surface area contributed by atoms with Crippen LogP contribution in [0.4, 0.5) is 0 Å². The topological polar surface area (TPSA) is 49.6 Å². The molecule has 0 aromatic rings.